The molecule has 0 radical (unpaired) electrons. The Morgan fingerprint density at radius 3 is 2.20 bits per heavy atom. The number of fused-ring (bicyclic) bond motifs is 6. The summed E-state index contributed by atoms with van der Waals surface area (Å²) >= 11 is 0. The predicted molar refractivity (Wildman–Crippen MR) is 224 cm³/mol. The van der Waals surface area contributed by atoms with Gasteiger partial charge in [0.2, 0.25) is 11.8 Å². The van der Waals surface area contributed by atoms with E-state index in [0.717, 1.165) is 99.9 Å². The average Bonchev–Trinajstić information content (AvgIpc) is 3.54. The summed E-state index contributed by atoms with van der Waals surface area (Å²) < 4.78 is 16.1. The number of likely N-dealkylation sites (tertiary alicyclic amines) is 2. The molecule has 15 heteroatoms. The maximum absolute atomic E-state index is 14.0. The second kappa shape index (κ2) is 15.5. The van der Waals surface area contributed by atoms with Gasteiger partial charge in [-0.15, -0.1) is 0 Å². The van der Waals surface area contributed by atoms with E-state index in [1.54, 1.807) is 0 Å². The molecule has 6 atom stereocenters. The summed E-state index contributed by atoms with van der Waals surface area (Å²) in [6, 6.07) is 12.8. The van der Waals surface area contributed by atoms with Crippen molar-refractivity contribution in [1.29, 1.82) is 0 Å². The summed E-state index contributed by atoms with van der Waals surface area (Å²) in [4.78, 5) is 72.8. The van der Waals surface area contributed by atoms with Crippen LogP contribution in [0.2, 0.25) is 0 Å². The number of aromatic nitrogens is 4. The van der Waals surface area contributed by atoms with Crippen LogP contribution in [0.5, 0.6) is 5.75 Å². The second-order valence-corrected chi connectivity index (χ2v) is 17.2. The molecule has 15 nitrogen and oxygen atoms in total. The molecule has 1 aliphatic carbocycles. The van der Waals surface area contributed by atoms with Gasteiger partial charge >= 0.3 is 12.2 Å². The number of carbonyl (C=O) groups excluding carboxylic acids is 4. The third-order valence-corrected chi connectivity index (χ3v) is 13.0. The molecule has 5 aromatic rings. The van der Waals surface area contributed by atoms with E-state index in [0.29, 0.717) is 12.4 Å². The molecule has 2 aromatic heterocycles. The molecule has 1 saturated carbocycles. The molecule has 3 fully saturated rings. The fourth-order valence-electron chi connectivity index (χ4n) is 9.56. The number of aromatic amines is 2. The highest BCUT2D eigenvalue weighted by molar-refractivity contribution is 6.07. The van der Waals surface area contributed by atoms with Gasteiger partial charge in [0.1, 0.15) is 36.1 Å². The Labute approximate surface area is 347 Å². The highest BCUT2D eigenvalue weighted by Crippen LogP contribution is 2.45. The molecule has 0 spiro atoms. The lowest BCUT2D eigenvalue weighted by atomic mass is 9.92. The van der Waals surface area contributed by atoms with Crippen molar-refractivity contribution >= 4 is 45.8 Å². The van der Waals surface area contributed by atoms with Crippen LogP contribution in [0.4, 0.5) is 9.59 Å². The van der Waals surface area contributed by atoms with Crippen LogP contribution in [0.3, 0.4) is 0 Å². The first kappa shape index (κ1) is 39.3. The molecule has 1 unspecified atom stereocenters. The van der Waals surface area contributed by atoms with Crippen molar-refractivity contribution in [2.24, 2.45) is 11.8 Å². The number of nitrogens with zero attached hydrogens (tertiary/aromatic N) is 4. The van der Waals surface area contributed by atoms with Crippen molar-refractivity contribution < 1.29 is 33.4 Å². The molecule has 60 heavy (non-hydrogen) atoms. The van der Waals surface area contributed by atoms with Crippen molar-refractivity contribution in [3.8, 4) is 28.1 Å². The Balaban J connectivity index is 0.965. The zero-order chi connectivity index (χ0) is 42.0. The van der Waals surface area contributed by atoms with E-state index in [1.807, 2.05) is 42.8 Å². The first-order valence-corrected chi connectivity index (χ1v) is 21.0. The summed E-state index contributed by atoms with van der Waals surface area (Å²) in [5, 5.41) is 7.54. The predicted octanol–water partition coefficient (Wildman–Crippen LogP) is 7.28. The minimum atomic E-state index is -0.716. The number of rotatable bonds is 9. The zero-order valence-electron chi connectivity index (χ0n) is 34.8. The molecule has 4 aliphatic rings. The van der Waals surface area contributed by atoms with Crippen molar-refractivity contribution in [2.45, 2.75) is 109 Å². The first-order valence-electron chi connectivity index (χ1n) is 21.0. The number of alkyl carbamates (subject to hydrolysis) is 2. The summed E-state index contributed by atoms with van der Waals surface area (Å²) in [6.07, 6.45) is 5.58. The van der Waals surface area contributed by atoms with Gasteiger partial charge in [0.05, 0.1) is 49.2 Å². The molecule has 0 bridgehead atoms. The number of ether oxygens (including phenoxy) is 3. The Morgan fingerprint density at radius 1 is 0.800 bits per heavy atom. The van der Waals surface area contributed by atoms with Crippen LogP contribution in [0, 0.1) is 11.8 Å². The quantitative estimate of drug-likeness (QED) is 0.119. The first-order chi connectivity index (χ1) is 28.9. The van der Waals surface area contributed by atoms with Crippen molar-refractivity contribution in [3.63, 3.8) is 0 Å². The van der Waals surface area contributed by atoms with E-state index < -0.39 is 24.3 Å². The average molecular weight is 817 g/mol. The summed E-state index contributed by atoms with van der Waals surface area (Å²) in [5.41, 5.74) is 6.64. The van der Waals surface area contributed by atoms with Gasteiger partial charge in [0.15, 0.2) is 0 Å². The highest BCUT2D eigenvalue weighted by Gasteiger charge is 2.46. The molecule has 5 heterocycles. The Bertz CT molecular complexity index is 2510. The zero-order valence-corrected chi connectivity index (χ0v) is 34.8. The van der Waals surface area contributed by atoms with E-state index in [4.69, 9.17) is 24.2 Å². The number of nitrogens with one attached hydrogen (secondary N) is 4. The second-order valence-electron chi connectivity index (χ2n) is 17.2. The van der Waals surface area contributed by atoms with Gasteiger partial charge in [0, 0.05) is 23.0 Å². The van der Waals surface area contributed by atoms with Gasteiger partial charge in [-0.25, -0.2) is 19.6 Å². The van der Waals surface area contributed by atoms with Crippen LogP contribution in [0.1, 0.15) is 95.5 Å². The van der Waals surface area contributed by atoms with Crippen LogP contribution in [0.15, 0.2) is 48.7 Å². The van der Waals surface area contributed by atoms with Gasteiger partial charge < -0.3 is 44.6 Å². The van der Waals surface area contributed by atoms with Gasteiger partial charge in [0.25, 0.3) is 0 Å². The lowest BCUT2D eigenvalue weighted by molar-refractivity contribution is -0.138. The fraction of sp³-hybridized carbons (Fsp3) is 0.467. The lowest BCUT2D eigenvalue weighted by Gasteiger charge is -2.32. The molecule has 9 rings (SSSR count). The summed E-state index contributed by atoms with van der Waals surface area (Å²) in [7, 11) is 2.61. The molecule has 4 N–H and O–H groups in total. The standard InChI is InChI=1S/C45H52N8O7/c1-22(2)37(50-44(56)58-5)42(54)52-23(3)7-15-34(52)40-46-20-33(48-40)27-11-13-29-28(17-27)21-60-36-19-30-26(18-31(29)36)12-14-32-39(30)49-41(47-32)35-16-8-24(4)53(35)43(55)38(25-9-10-25)51-45(57)59-6/h11-14,17-20,22-25,34-35,37-38H,7-10,15-16,21H2,1-6H3,(H,46,48)(H,47,49)(H,50,56)(H,51,57)/t23-,24-,34-,35-,37-,38?/m0/s1. The third-order valence-electron chi connectivity index (χ3n) is 13.0. The minimum absolute atomic E-state index is 0.00229. The lowest BCUT2D eigenvalue weighted by Crippen LogP contribution is -2.52. The van der Waals surface area contributed by atoms with Gasteiger partial charge in [-0.1, -0.05) is 32.0 Å². The number of imidazole rings is 2. The van der Waals surface area contributed by atoms with Crippen LogP contribution >= 0.6 is 0 Å². The number of carbonyl (C=O) groups is 4. The molecule has 2 saturated heterocycles. The van der Waals surface area contributed by atoms with Gasteiger partial charge in [-0.05, 0) is 111 Å². The van der Waals surface area contributed by atoms with E-state index in [1.165, 1.54) is 14.2 Å². The molecule has 3 aromatic carbocycles. The highest BCUT2D eigenvalue weighted by atomic mass is 16.5. The van der Waals surface area contributed by atoms with E-state index in [-0.39, 0.29) is 47.8 Å². The van der Waals surface area contributed by atoms with Crippen molar-refractivity contribution in [2.75, 3.05) is 14.2 Å². The Hall–Kier alpha value is -6.12. The smallest absolute Gasteiger partial charge is 0.407 e. The number of methoxy groups -OCH3 is 2. The topological polar surface area (TPSA) is 184 Å². The Morgan fingerprint density at radius 2 is 1.50 bits per heavy atom. The van der Waals surface area contributed by atoms with E-state index in [9.17, 15) is 19.2 Å². The maximum Gasteiger partial charge on any atom is 0.407 e. The van der Waals surface area contributed by atoms with Crippen LogP contribution in [0.25, 0.3) is 44.2 Å². The number of amides is 4. The normalized spacial score (nSPS) is 22.0. The monoisotopic (exact) mass is 816 g/mol. The van der Waals surface area contributed by atoms with Crippen molar-refractivity contribution in [1.82, 2.24) is 40.4 Å². The molecule has 3 aliphatic heterocycles. The van der Waals surface area contributed by atoms with E-state index >= 15 is 0 Å². The fourth-order valence-corrected chi connectivity index (χ4v) is 9.56. The van der Waals surface area contributed by atoms with Crippen LogP contribution < -0.4 is 15.4 Å². The SMILES string of the molecule is COC(=O)NC(C(=O)N1[C@@H](C)CC[C@H]1c1nc2ccc3cc4c(cc3c2[nH]1)OCc1cc(-c2cnc([C@@H]3CC[C@H](C)N3C(=O)[C@@H](NC(=O)OC)C(C)C)[nH]2)ccc1-4)C1CC1. The van der Waals surface area contributed by atoms with E-state index in [2.05, 4.69) is 63.9 Å². The molecule has 4 amide bonds. The van der Waals surface area contributed by atoms with Gasteiger partial charge in [-0.2, -0.15) is 0 Å². The molecular weight excluding hydrogens is 765 g/mol. The van der Waals surface area contributed by atoms with Gasteiger partial charge in [-0.3, -0.25) is 9.59 Å². The molecular formula is C45H52N8O7. The number of hydrogen-bond acceptors (Lipinski definition) is 9. The number of benzene rings is 3. The minimum Gasteiger partial charge on any atom is -0.488 e. The van der Waals surface area contributed by atoms with Crippen molar-refractivity contribution in [3.05, 3.63) is 65.9 Å². The third kappa shape index (κ3) is 6.96. The number of hydrogen-bond donors (Lipinski definition) is 4. The number of H-pyrrole nitrogens is 2. The van der Waals surface area contributed by atoms with Crippen LogP contribution in [-0.2, 0) is 25.7 Å². The van der Waals surface area contributed by atoms with Crippen LogP contribution in [-0.4, -0.2) is 92.1 Å². The largest absolute Gasteiger partial charge is 0.488 e. The maximum atomic E-state index is 14.0. The summed E-state index contributed by atoms with van der Waals surface area (Å²) in [6.45, 7) is 8.29. The molecule has 314 valence electrons. The Kier molecular flexibility index (Phi) is 10.2. The summed E-state index contributed by atoms with van der Waals surface area (Å²) in [5.74, 6) is 1.98.